The van der Waals surface area contributed by atoms with Crippen LogP contribution in [-0.4, -0.2) is 21.1 Å². The summed E-state index contributed by atoms with van der Waals surface area (Å²) in [5.41, 5.74) is 5.61. The van der Waals surface area contributed by atoms with E-state index in [4.69, 9.17) is 10.3 Å². The fourth-order valence-corrected chi connectivity index (χ4v) is 2.01. The first-order valence-corrected chi connectivity index (χ1v) is 5.70. The predicted molar refractivity (Wildman–Crippen MR) is 61.6 cm³/mol. The highest BCUT2D eigenvalue weighted by Gasteiger charge is 2.16. The molecule has 0 bridgehead atoms. The van der Waals surface area contributed by atoms with Crippen LogP contribution >= 0.6 is 11.3 Å². The second-order valence-corrected chi connectivity index (χ2v) is 4.65. The third-order valence-corrected chi connectivity index (χ3v) is 2.98. The van der Waals surface area contributed by atoms with Gasteiger partial charge in [0.1, 0.15) is 0 Å². The van der Waals surface area contributed by atoms with Crippen LogP contribution < -0.4 is 5.73 Å². The molecule has 2 N–H and O–H groups in total. The summed E-state index contributed by atoms with van der Waals surface area (Å²) >= 11 is 1.000. The molecule has 0 aromatic carbocycles. The van der Waals surface area contributed by atoms with Crippen molar-refractivity contribution in [1.82, 2.24) is 10.1 Å². The number of rotatable bonds is 4. The van der Waals surface area contributed by atoms with Crippen molar-refractivity contribution in [3.63, 3.8) is 0 Å². The minimum Gasteiger partial charge on any atom is -0.333 e. The van der Waals surface area contributed by atoms with Crippen molar-refractivity contribution < 1.29 is 9.45 Å². The summed E-state index contributed by atoms with van der Waals surface area (Å²) in [6.07, 6.45) is 0.511. The van der Waals surface area contributed by atoms with Gasteiger partial charge in [0.15, 0.2) is 5.82 Å². The van der Waals surface area contributed by atoms with E-state index in [0.717, 1.165) is 11.3 Å². The normalized spacial score (nSPS) is 12.6. The molecular formula is C9H10N4O3S. The van der Waals surface area contributed by atoms with Crippen molar-refractivity contribution in [3.05, 3.63) is 28.1 Å². The molecule has 2 aromatic rings. The molecule has 1 unspecified atom stereocenters. The third-order valence-electron chi connectivity index (χ3n) is 1.96. The second-order valence-electron chi connectivity index (χ2n) is 3.59. The molecule has 0 aliphatic heterocycles. The van der Waals surface area contributed by atoms with Crippen molar-refractivity contribution in [2.45, 2.75) is 19.4 Å². The van der Waals surface area contributed by atoms with Gasteiger partial charge in [-0.3, -0.25) is 10.1 Å². The maximum Gasteiger partial charge on any atom is 0.324 e. The van der Waals surface area contributed by atoms with Gasteiger partial charge in [-0.05, 0) is 13.0 Å². The van der Waals surface area contributed by atoms with Crippen LogP contribution in [0.15, 0.2) is 16.7 Å². The topological polar surface area (TPSA) is 108 Å². The second kappa shape index (κ2) is 4.60. The number of thiophene rings is 1. The van der Waals surface area contributed by atoms with E-state index in [2.05, 4.69) is 10.1 Å². The molecule has 0 radical (unpaired) electrons. The maximum atomic E-state index is 10.5. The first-order valence-electron chi connectivity index (χ1n) is 4.89. The summed E-state index contributed by atoms with van der Waals surface area (Å²) in [5, 5.41) is 14.3. The van der Waals surface area contributed by atoms with Crippen molar-refractivity contribution in [3.8, 4) is 10.8 Å². The van der Waals surface area contributed by atoms with E-state index in [1.54, 1.807) is 6.07 Å². The fraction of sp³-hybridized carbons (Fsp3) is 0.333. The van der Waals surface area contributed by atoms with Crippen LogP contribution in [0.1, 0.15) is 12.7 Å². The number of hydrogen-bond donors (Lipinski definition) is 1. The van der Waals surface area contributed by atoms with E-state index in [1.807, 2.05) is 6.92 Å². The molecule has 2 heterocycles. The van der Waals surface area contributed by atoms with Crippen molar-refractivity contribution in [2.24, 2.45) is 5.73 Å². The number of nitrogens with two attached hydrogens (primary N) is 1. The van der Waals surface area contributed by atoms with E-state index in [1.165, 1.54) is 6.07 Å². The summed E-state index contributed by atoms with van der Waals surface area (Å²) in [6.45, 7) is 1.84. The predicted octanol–water partition coefficient (Wildman–Crippen LogP) is 1.60. The summed E-state index contributed by atoms with van der Waals surface area (Å²) in [7, 11) is 0. The first-order chi connectivity index (χ1) is 8.06. The van der Waals surface area contributed by atoms with Gasteiger partial charge >= 0.3 is 5.00 Å². The minimum atomic E-state index is -0.451. The van der Waals surface area contributed by atoms with E-state index in [9.17, 15) is 10.1 Å². The summed E-state index contributed by atoms with van der Waals surface area (Å²) in [6, 6.07) is 2.94. The number of nitrogens with zero attached hydrogens (tertiary/aromatic N) is 3. The molecule has 17 heavy (non-hydrogen) atoms. The van der Waals surface area contributed by atoms with E-state index in [0.29, 0.717) is 23.0 Å². The lowest BCUT2D eigenvalue weighted by Crippen LogP contribution is -2.18. The zero-order valence-electron chi connectivity index (χ0n) is 8.99. The molecule has 0 aliphatic carbocycles. The Bertz CT molecular complexity index is 534. The van der Waals surface area contributed by atoms with Crippen LogP contribution in [0.2, 0.25) is 0 Å². The van der Waals surface area contributed by atoms with Crippen molar-refractivity contribution >= 4 is 16.3 Å². The monoisotopic (exact) mass is 254 g/mol. The van der Waals surface area contributed by atoms with Crippen LogP contribution in [0, 0.1) is 10.1 Å². The third kappa shape index (κ3) is 2.66. The molecule has 0 spiro atoms. The summed E-state index contributed by atoms with van der Waals surface area (Å²) in [5.74, 6) is 0.796. The lowest BCUT2D eigenvalue weighted by Gasteiger charge is -1.96. The van der Waals surface area contributed by atoms with Crippen LogP contribution in [0.25, 0.3) is 10.8 Å². The smallest absolute Gasteiger partial charge is 0.324 e. The standard InChI is InChI=1S/C9H10N4O3S/c1-5(10)4-7-11-9(16-12-7)6-2-3-8(17-6)13(14)15/h2-3,5H,4,10H2,1H3. The van der Waals surface area contributed by atoms with Crippen molar-refractivity contribution in [1.29, 1.82) is 0 Å². The van der Waals surface area contributed by atoms with E-state index in [-0.39, 0.29) is 11.0 Å². The van der Waals surface area contributed by atoms with Gasteiger partial charge in [0, 0.05) is 18.5 Å². The quantitative estimate of drug-likeness (QED) is 0.655. The molecule has 0 amide bonds. The van der Waals surface area contributed by atoms with E-state index >= 15 is 0 Å². The first kappa shape index (κ1) is 11.7. The molecule has 1 atom stereocenters. The molecule has 2 aromatic heterocycles. The molecule has 7 nitrogen and oxygen atoms in total. The number of hydrogen-bond acceptors (Lipinski definition) is 7. The molecule has 8 heteroatoms. The molecular weight excluding hydrogens is 244 g/mol. The highest BCUT2D eigenvalue weighted by atomic mass is 32.1. The molecule has 0 aliphatic rings. The molecule has 2 rings (SSSR count). The Labute approximate surface area is 100 Å². The molecule has 90 valence electrons. The van der Waals surface area contributed by atoms with Gasteiger partial charge in [-0.25, -0.2) is 0 Å². The highest BCUT2D eigenvalue weighted by Crippen LogP contribution is 2.31. The SMILES string of the molecule is CC(N)Cc1noc(-c2ccc([N+](=O)[O-])s2)n1. The van der Waals surface area contributed by atoms with E-state index < -0.39 is 4.92 Å². The molecule has 0 fully saturated rings. The maximum absolute atomic E-state index is 10.5. The average Bonchev–Trinajstić information content (AvgIpc) is 2.83. The Morgan fingerprint density at radius 2 is 2.41 bits per heavy atom. The Kier molecular flexibility index (Phi) is 3.16. The Morgan fingerprint density at radius 3 is 3.00 bits per heavy atom. The Morgan fingerprint density at radius 1 is 1.65 bits per heavy atom. The van der Waals surface area contributed by atoms with Crippen LogP contribution in [-0.2, 0) is 6.42 Å². The molecule has 0 saturated carbocycles. The number of nitro groups is 1. The number of aromatic nitrogens is 2. The lowest BCUT2D eigenvalue weighted by molar-refractivity contribution is -0.380. The molecule has 0 saturated heterocycles. The van der Waals surface area contributed by atoms with Gasteiger partial charge in [0.2, 0.25) is 0 Å². The minimum absolute atomic E-state index is 0.0481. The van der Waals surface area contributed by atoms with Gasteiger partial charge in [-0.1, -0.05) is 16.5 Å². The van der Waals surface area contributed by atoms with Crippen LogP contribution in [0.4, 0.5) is 5.00 Å². The van der Waals surface area contributed by atoms with Crippen LogP contribution in [0.3, 0.4) is 0 Å². The highest BCUT2D eigenvalue weighted by molar-refractivity contribution is 7.18. The summed E-state index contributed by atoms with van der Waals surface area (Å²) < 4.78 is 5.02. The lowest BCUT2D eigenvalue weighted by atomic mass is 10.2. The summed E-state index contributed by atoms with van der Waals surface area (Å²) in [4.78, 5) is 14.8. The Balaban J connectivity index is 2.21. The van der Waals surface area contributed by atoms with Crippen LogP contribution in [0.5, 0.6) is 0 Å². The average molecular weight is 254 g/mol. The largest absolute Gasteiger partial charge is 0.333 e. The van der Waals surface area contributed by atoms with Gasteiger partial charge < -0.3 is 10.3 Å². The zero-order chi connectivity index (χ0) is 12.4. The van der Waals surface area contributed by atoms with Gasteiger partial charge in [0.25, 0.3) is 5.89 Å². The van der Waals surface area contributed by atoms with Gasteiger partial charge in [0.05, 0.1) is 9.80 Å². The zero-order valence-corrected chi connectivity index (χ0v) is 9.81. The fourth-order valence-electron chi connectivity index (χ4n) is 1.27. The van der Waals surface area contributed by atoms with Gasteiger partial charge in [-0.15, -0.1) is 0 Å². The Hall–Kier alpha value is -1.80. The van der Waals surface area contributed by atoms with Gasteiger partial charge in [-0.2, -0.15) is 4.98 Å². The van der Waals surface area contributed by atoms with Crippen molar-refractivity contribution in [2.75, 3.05) is 0 Å².